The molecular weight excluding hydrogens is 238 g/mol. The van der Waals surface area contributed by atoms with Gasteiger partial charge in [-0.15, -0.1) is 0 Å². The van der Waals surface area contributed by atoms with Crippen LogP contribution in [0.2, 0.25) is 0 Å². The van der Waals surface area contributed by atoms with Gasteiger partial charge in [-0.1, -0.05) is 6.42 Å². The molecule has 0 radical (unpaired) electrons. The van der Waals surface area contributed by atoms with Crippen molar-refractivity contribution >= 4 is 0 Å². The van der Waals surface area contributed by atoms with E-state index in [4.69, 9.17) is 0 Å². The van der Waals surface area contributed by atoms with Gasteiger partial charge in [0.1, 0.15) is 0 Å². The Morgan fingerprint density at radius 2 is 2.26 bits per heavy atom. The maximum atomic E-state index is 11.1. The lowest BCUT2D eigenvalue weighted by Crippen LogP contribution is -2.48. The molecule has 0 saturated carbocycles. The first-order chi connectivity index (χ1) is 9.12. The SMILES string of the molecule is CCn1nc(C)cc1CC1(O)CCN2CCCCC21. The first-order valence-electron chi connectivity index (χ1n) is 7.62. The average Bonchev–Trinajstić information content (AvgIpc) is 2.92. The topological polar surface area (TPSA) is 41.3 Å². The third kappa shape index (κ3) is 2.32. The molecule has 2 aliphatic rings. The lowest BCUT2D eigenvalue weighted by atomic mass is 9.85. The summed E-state index contributed by atoms with van der Waals surface area (Å²) in [6.45, 7) is 7.25. The molecule has 0 bridgehead atoms. The maximum absolute atomic E-state index is 11.1. The highest BCUT2D eigenvalue weighted by molar-refractivity contribution is 5.15. The van der Waals surface area contributed by atoms with Crippen molar-refractivity contribution in [1.82, 2.24) is 14.7 Å². The van der Waals surface area contributed by atoms with Crippen LogP contribution in [0.1, 0.15) is 44.0 Å². The summed E-state index contributed by atoms with van der Waals surface area (Å²) in [6.07, 6.45) is 5.36. The zero-order valence-corrected chi connectivity index (χ0v) is 12.1. The van der Waals surface area contributed by atoms with Gasteiger partial charge in [-0.3, -0.25) is 9.58 Å². The maximum Gasteiger partial charge on any atom is 0.0869 e. The van der Waals surface area contributed by atoms with Crippen LogP contribution in [0, 0.1) is 6.92 Å². The lowest BCUT2D eigenvalue weighted by molar-refractivity contribution is -0.0103. The highest BCUT2D eigenvalue weighted by Crippen LogP contribution is 2.37. The molecule has 3 rings (SSSR count). The zero-order chi connectivity index (χ0) is 13.5. The molecule has 1 aromatic rings. The molecule has 4 nitrogen and oxygen atoms in total. The quantitative estimate of drug-likeness (QED) is 0.903. The number of aromatic nitrogens is 2. The van der Waals surface area contributed by atoms with Crippen LogP contribution >= 0.6 is 0 Å². The predicted octanol–water partition coefficient (Wildman–Crippen LogP) is 1.74. The Morgan fingerprint density at radius 1 is 1.42 bits per heavy atom. The van der Waals surface area contributed by atoms with E-state index in [-0.39, 0.29) is 0 Å². The second-order valence-corrected chi connectivity index (χ2v) is 6.17. The number of rotatable bonds is 3. The number of aryl methyl sites for hydroxylation is 2. The number of aliphatic hydroxyl groups is 1. The van der Waals surface area contributed by atoms with Gasteiger partial charge in [-0.25, -0.2) is 0 Å². The molecule has 1 N–H and O–H groups in total. The van der Waals surface area contributed by atoms with Gasteiger partial charge >= 0.3 is 0 Å². The predicted molar refractivity (Wildman–Crippen MR) is 75.1 cm³/mol. The monoisotopic (exact) mass is 263 g/mol. The summed E-state index contributed by atoms with van der Waals surface area (Å²) < 4.78 is 2.04. The highest BCUT2D eigenvalue weighted by Gasteiger charge is 2.46. The van der Waals surface area contributed by atoms with E-state index in [0.29, 0.717) is 6.04 Å². The van der Waals surface area contributed by atoms with Crippen LogP contribution < -0.4 is 0 Å². The van der Waals surface area contributed by atoms with Crippen LogP contribution in [0.4, 0.5) is 0 Å². The van der Waals surface area contributed by atoms with Crippen molar-refractivity contribution in [3.8, 4) is 0 Å². The summed E-state index contributed by atoms with van der Waals surface area (Å²) in [5.41, 5.74) is 1.70. The normalized spacial score (nSPS) is 31.6. The van der Waals surface area contributed by atoms with Crippen molar-refractivity contribution in [3.63, 3.8) is 0 Å². The number of piperidine rings is 1. The standard InChI is InChI=1S/C15H25N3O/c1-3-18-13(10-12(2)16-18)11-15(19)7-9-17-8-5-4-6-14(15)17/h10,14,19H,3-9,11H2,1-2H3. The van der Waals surface area contributed by atoms with Crippen LogP contribution in [0.5, 0.6) is 0 Å². The van der Waals surface area contributed by atoms with Gasteiger partial charge < -0.3 is 5.11 Å². The average molecular weight is 263 g/mol. The van der Waals surface area contributed by atoms with Gasteiger partial charge in [0.2, 0.25) is 0 Å². The van der Waals surface area contributed by atoms with E-state index in [1.54, 1.807) is 0 Å². The molecule has 0 amide bonds. The van der Waals surface area contributed by atoms with Crippen LogP contribution in [-0.4, -0.2) is 44.5 Å². The van der Waals surface area contributed by atoms with Crippen LogP contribution in [0.15, 0.2) is 6.07 Å². The molecule has 2 unspecified atom stereocenters. The van der Waals surface area contributed by atoms with Crippen molar-refractivity contribution in [2.75, 3.05) is 13.1 Å². The third-order valence-electron chi connectivity index (χ3n) is 4.84. The Morgan fingerprint density at radius 3 is 3.05 bits per heavy atom. The Bertz CT molecular complexity index is 456. The Kier molecular flexibility index (Phi) is 3.39. The largest absolute Gasteiger partial charge is 0.388 e. The van der Waals surface area contributed by atoms with Crippen molar-refractivity contribution in [2.45, 2.75) is 64.1 Å². The fourth-order valence-electron chi connectivity index (χ4n) is 3.91. The molecule has 0 spiro atoms. The van der Waals surface area contributed by atoms with E-state index in [9.17, 15) is 5.11 Å². The molecule has 2 aliphatic heterocycles. The molecule has 1 aromatic heterocycles. The number of fused-ring (bicyclic) bond motifs is 1. The summed E-state index contributed by atoms with van der Waals surface area (Å²) in [7, 11) is 0. The summed E-state index contributed by atoms with van der Waals surface area (Å²) in [5, 5.41) is 15.6. The van der Waals surface area contributed by atoms with Gasteiger partial charge in [-0.05, 0) is 45.7 Å². The molecule has 19 heavy (non-hydrogen) atoms. The Hall–Kier alpha value is -0.870. The fourth-order valence-corrected chi connectivity index (χ4v) is 3.91. The summed E-state index contributed by atoms with van der Waals surface area (Å²) in [4.78, 5) is 2.49. The van der Waals surface area contributed by atoms with Crippen LogP contribution in [0.25, 0.3) is 0 Å². The number of hydrogen-bond acceptors (Lipinski definition) is 3. The molecule has 4 heteroatoms. The van der Waals surface area contributed by atoms with Crippen molar-refractivity contribution in [1.29, 1.82) is 0 Å². The summed E-state index contributed by atoms with van der Waals surface area (Å²) in [5.74, 6) is 0. The van der Waals surface area contributed by atoms with Gasteiger partial charge in [0.15, 0.2) is 0 Å². The Balaban J connectivity index is 1.81. The molecule has 2 fully saturated rings. The van der Waals surface area contributed by atoms with Crippen molar-refractivity contribution in [3.05, 3.63) is 17.5 Å². The van der Waals surface area contributed by atoms with Gasteiger partial charge in [0.25, 0.3) is 0 Å². The van der Waals surface area contributed by atoms with Crippen LogP contribution in [-0.2, 0) is 13.0 Å². The minimum absolute atomic E-state index is 0.363. The van der Waals surface area contributed by atoms with Crippen molar-refractivity contribution < 1.29 is 5.11 Å². The molecule has 3 heterocycles. The van der Waals surface area contributed by atoms with E-state index in [2.05, 4.69) is 23.0 Å². The first kappa shape index (κ1) is 13.1. The molecular formula is C15H25N3O. The molecule has 2 saturated heterocycles. The van der Waals surface area contributed by atoms with E-state index >= 15 is 0 Å². The van der Waals surface area contributed by atoms with Gasteiger partial charge in [0, 0.05) is 31.2 Å². The van der Waals surface area contributed by atoms with E-state index in [1.807, 2.05) is 11.6 Å². The lowest BCUT2D eigenvalue weighted by Gasteiger charge is -2.37. The minimum Gasteiger partial charge on any atom is -0.388 e. The van der Waals surface area contributed by atoms with E-state index in [0.717, 1.165) is 38.0 Å². The number of nitrogens with zero attached hydrogens (tertiary/aromatic N) is 3. The van der Waals surface area contributed by atoms with Crippen molar-refractivity contribution in [2.24, 2.45) is 0 Å². The third-order valence-corrected chi connectivity index (χ3v) is 4.84. The van der Waals surface area contributed by atoms with Gasteiger partial charge in [-0.2, -0.15) is 5.10 Å². The molecule has 106 valence electrons. The zero-order valence-electron chi connectivity index (χ0n) is 12.1. The molecule has 2 atom stereocenters. The molecule has 0 aromatic carbocycles. The second kappa shape index (κ2) is 4.91. The van der Waals surface area contributed by atoms with E-state index in [1.165, 1.54) is 25.1 Å². The van der Waals surface area contributed by atoms with Gasteiger partial charge in [0.05, 0.1) is 11.3 Å². The summed E-state index contributed by atoms with van der Waals surface area (Å²) in [6, 6.07) is 2.49. The first-order valence-corrected chi connectivity index (χ1v) is 7.62. The van der Waals surface area contributed by atoms with Crippen LogP contribution in [0.3, 0.4) is 0 Å². The summed E-state index contributed by atoms with van der Waals surface area (Å²) >= 11 is 0. The van der Waals surface area contributed by atoms with E-state index < -0.39 is 5.60 Å². The minimum atomic E-state index is -0.542. The Labute approximate surface area is 115 Å². The second-order valence-electron chi connectivity index (χ2n) is 6.17. The molecule has 0 aliphatic carbocycles. The number of hydrogen-bond donors (Lipinski definition) is 1. The smallest absolute Gasteiger partial charge is 0.0869 e. The fraction of sp³-hybridized carbons (Fsp3) is 0.800. The highest BCUT2D eigenvalue weighted by atomic mass is 16.3.